The first-order valence-corrected chi connectivity index (χ1v) is 13.7. The van der Waals surface area contributed by atoms with Crippen molar-refractivity contribution in [2.75, 3.05) is 5.32 Å². The Morgan fingerprint density at radius 3 is 2.35 bits per heavy atom. The van der Waals surface area contributed by atoms with Gasteiger partial charge in [0.15, 0.2) is 0 Å². The van der Waals surface area contributed by atoms with Crippen molar-refractivity contribution in [3.8, 4) is 0 Å². The fourth-order valence-corrected chi connectivity index (χ4v) is 4.81. The van der Waals surface area contributed by atoms with E-state index < -0.39 is 40.9 Å². The summed E-state index contributed by atoms with van der Waals surface area (Å²) in [7, 11) is 0. The molecule has 4 N–H and O–H groups in total. The first kappa shape index (κ1) is 30.8. The van der Waals surface area contributed by atoms with Crippen LogP contribution in [0.5, 0.6) is 0 Å². The van der Waals surface area contributed by atoms with Gasteiger partial charge in [0.25, 0.3) is 0 Å². The third-order valence-electron chi connectivity index (χ3n) is 7.00. The third kappa shape index (κ3) is 8.14. The Kier molecular flexibility index (Phi) is 10.1. The molecule has 40 heavy (non-hydrogen) atoms. The van der Waals surface area contributed by atoms with E-state index in [9.17, 15) is 24.3 Å². The maximum absolute atomic E-state index is 13.5. The van der Waals surface area contributed by atoms with E-state index in [1.165, 1.54) is 6.20 Å². The quantitative estimate of drug-likeness (QED) is 0.228. The molecule has 0 saturated heterocycles. The Morgan fingerprint density at radius 2 is 1.77 bits per heavy atom. The molecule has 0 aliphatic heterocycles. The van der Waals surface area contributed by atoms with Crippen molar-refractivity contribution in [3.05, 3.63) is 47.9 Å². The molecule has 1 aliphatic carbocycles. The molecular formula is C29H41N5O6. The summed E-state index contributed by atoms with van der Waals surface area (Å²) in [6, 6.07) is 7.78. The number of carboxylic acid groups (broad SMARTS) is 1. The van der Waals surface area contributed by atoms with Gasteiger partial charge in [-0.1, -0.05) is 62.4 Å². The maximum atomic E-state index is 13.5. The van der Waals surface area contributed by atoms with Crippen LogP contribution in [0.1, 0.15) is 90.4 Å². The number of amides is 3. The number of carbonyl (C=O) groups is 4. The first-order chi connectivity index (χ1) is 18.8. The third-order valence-corrected chi connectivity index (χ3v) is 7.00. The highest BCUT2D eigenvalue weighted by molar-refractivity contribution is 5.98. The van der Waals surface area contributed by atoms with Gasteiger partial charge < -0.3 is 20.7 Å². The number of aromatic amines is 1. The van der Waals surface area contributed by atoms with Crippen molar-refractivity contribution in [3.63, 3.8) is 0 Å². The molecule has 218 valence electrons. The molecule has 1 unspecified atom stereocenters. The van der Waals surface area contributed by atoms with E-state index in [1.54, 1.807) is 65.0 Å². The number of anilines is 1. The highest BCUT2D eigenvalue weighted by Crippen LogP contribution is 2.29. The summed E-state index contributed by atoms with van der Waals surface area (Å²) in [6.07, 6.45) is 7.45. The number of hydrogen-bond donors (Lipinski definition) is 4. The molecule has 11 heteroatoms. The highest BCUT2D eigenvalue weighted by Gasteiger charge is 2.40. The summed E-state index contributed by atoms with van der Waals surface area (Å²) >= 11 is 0. The predicted octanol–water partition coefficient (Wildman–Crippen LogP) is 3.99. The van der Waals surface area contributed by atoms with Crippen molar-refractivity contribution in [2.45, 2.75) is 96.2 Å². The van der Waals surface area contributed by atoms with Crippen LogP contribution in [0.25, 0.3) is 0 Å². The van der Waals surface area contributed by atoms with Crippen LogP contribution in [0.3, 0.4) is 0 Å². The minimum absolute atomic E-state index is 0.170. The highest BCUT2D eigenvalue weighted by atomic mass is 16.7. The molecule has 0 spiro atoms. The molecule has 1 fully saturated rings. The van der Waals surface area contributed by atoms with E-state index in [2.05, 4.69) is 20.6 Å². The second-order valence-electron chi connectivity index (χ2n) is 11.8. The van der Waals surface area contributed by atoms with E-state index in [0.29, 0.717) is 18.4 Å². The van der Waals surface area contributed by atoms with Crippen LogP contribution in [0.4, 0.5) is 5.82 Å². The Balaban J connectivity index is 1.80. The number of nitrogens with zero attached hydrogens (tertiary/aromatic N) is 2. The van der Waals surface area contributed by atoms with Crippen LogP contribution >= 0.6 is 0 Å². The number of imidazole rings is 1. The Bertz CT molecular complexity index is 1170. The fourth-order valence-electron chi connectivity index (χ4n) is 4.81. The van der Waals surface area contributed by atoms with Gasteiger partial charge in [0, 0.05) is 0 Å². The first-order valence-electron chi connectivity index (χ1n) is 13.7. The smallest absolute Gasteiger partial charge is 0.318 e. The minimum atomic E-state index is -1.40. The number of carbonyl (C=O) groups excluding carboxylic acids is 3. The molecule has 1 aromatic carbocycles. The Morgan fingerprint density at radius 1 is 1.12 bits per heavy atom. The zero-order valence-corrected chi connectivity index (χ0v) is 23.9. The van der Waals surface area contributed by atoms with E-state index >= 15 is 0 Å². The van der Waals surface area contributed by atoms with Crippen LogP contribution in [0.15, 0.2) is 36.5 Å². The molecule has 1 saturated carbocycles. The number of aliphatic carboxylic acids is 1. The van der Waals surface area contributed by atoms with Crippen LogP contribution in [-0.2, 0) is 24.0 Å². The van der Waals surface area contributed by atoms with Gasteiger partial charge in [-0.2, -0.15) is 0 Å². The number of aromatic nitrogens is 2. The van der Waals surface area contributed by atoms with Crippen LogP contribution in [0, 0.1) is 5.92 Å². The van der Waals surface area contributed by atoms with Crippen molar-refractivity contribution >= 4 is 30.0 Å². The molecule has 3 rings (SSSR count). The van der Waals surface area contributed by atoms with Gasteiger partial charge >= 0.3 is 5.97 Å². The summed E-state index contributed by atoms with van der Waals surface area (Å²) in [6.45, 7) is 8.40. The lowest BCUT2D eigenvalue weighted by Gasteiger charge is -2.38. The molecule has 3 amide bonds. The van der Waals surface area contributed by atoms with Crippen molar-refractivity contribution < 1.29 is 29.1 Å². The van der Waals surface area contributed by atoms with Gasteiger partial charge in [0.2, 0.25) is 18.2 Å². The van der Waals surface area contributed by atoms with Gasteiger partial charge in [-0.15, -0.1) is 0 Å². The SMILES string of the molecule is CC(C)(C)ON(C=O)C(C)(C)C(=O)N[C@H](CC1CCCCC1)C(=O)Nc1cnc(C(C(=O)O)c2ccccc2)[nH]1. The zero-order valence-electron chi connectivity index (χ0n) is 23.9. The molecule has 1 aliphatic rings. The van der Waals surface area contributed by atoms with E-state index in [4.69, 9.17) is 4.84 Å². The topological polar surface area (TPSA) is 154 Å². The van der Waals surface area contributed by atoms with E-state index in [-0.39, 0.29) is 17.6 Å². The monoisotopic (exact) mass is 555 g/mol. The number of hydroxylamine groups is 2. The van der Waals surface area contributed by atoms with Gasteiger partial charge in [-0.3, -0.25) is 24.0 Å². The Hall–Kier alpha value is -3.73. The molecule has 2 aromatic rings. The maximum Gasteiger partial charge on any atom is 0.318 e. The Labute approximate surface area is 235 Å². The zero-order chi connectivity index (χ0) is 29.5. The normalized spacial score (nSPS) is 16.0. The number of benzene rings is 1. The van der Waals surface area contributed by atoms with Gasteiger partial charge in [0.1, 0.15) is 29.1 Å². The van der Waals surface area contributed by atoms with Crippen LogP contribution in [-0.4, -0.2) is 61.5 Å². The average molecular weight is 556 g/mol. The standard InChI is InChI=1S/C29H41N5O6/c1-28(2,3)40-34(18-35)29(4,5)27(39)31-21(16-19-12-8-6-9-13-19)25(36)33-22-17-30-24(32-22)23(26(37)38)20-14-10-7-11-15-20/h7,10-11,14-15,17-19,21,23H,6,8-9,12-13,16H2,1-5H3,(H,30,32)(H,31,39)(H,33,36)(H,37,38)/t21-,23?/m1/s1. The molecular weight excluding hydrogens is 514 g/mol. The van der Waals surface area contributed by atoms with Crippen LogP contribution in [0.2, 0.25) is 0 Å². The summed E-state index contributed by atoms with van der Waals surface area (Å²) < 4.78 is 0. The van der Waals surface area contributed by atoms with E-state index in [0.717, 1.165) is 37.2 Å². The van der Waals surface area contributed by atoms with Crippen molar-refractivity contribution in [1.82, 2.24) is 20.3 Å². The van der Waals surface area contributed by atoms with Gasteiger partial charge in [-0.05, 0) is 52.5 Å². The lowest BCUT2D eigenvalue weighted by Crippen LogP contribution is -2.59. The number of nitrogens with one attached hydrogen (secondary N) is 3. The lowest BCUT2D eigenvalue weighted by atomic mass is 9.84. The molecule has 0 bridgehead atoms. The predicted molar refractivity (Wildman–Crippen MR) is 149 cm³/mol. The second-order valence-corrected chi connectivity index (χ2v) is 11.8. The largest absolute Gasteiger partial charge is 0.480 e. The molecule has 0 radical (unpaired) electrons. The molecule has 11 nitrogen and oxygen atoms in total. The summed E-state index contributed by atoms with van der Waals surface area (Å²) in [4.78, 5) is 63.5. The summed E-state index contributed by atoms with van der Waals surface area (Å²) in [5.41, 5.74) is -1.57. The van der Waals surface area contributed by atoms with Crippen molar-refractivity contribution in [2.24, 2.45) is 5.92 Å². The fraction of sp³-hybridized carbons (Fsp3) is 0.552. The lowest BCUT2D eigenvalue weighted by molar-refractivity contribution is -0.247. The average Bonchev–Trinajstić information content (AvgIpc) is 3.34. The molecule has 1 heterocycles. The second kappa shape index (κ2) is 13.1. The van der Waals surface area contributed by atoms with Crippen molar-refractivity contribution in [1.29, 1.82) is 0 Å². The van der Waals surface area contributed by atoms with Gasteiger partial charge in [-0.25, -0.2) is 10.0 Å². The summed E-state index contributed by atoms with van der Waals surface area (Å²) in [5.74, 6) is -2.49. The summed E-state index contributed by atoms with van der Waals surface area (Å²) in [5, 5.41) is 16.4. The van der Waals surface area contributed by atoms with E-state index in [1.807, 2.05) is 0 Å². The number of carboxylic acids is 1. The minimum Gasteiger partial charge on any atom is -0.480 e. The molecule has 2 atom stereocenters. The number of rotatable bonds is 12. The van der Waals surface area contributed by atoms with Crippen LogP contribution < -0.4 is 10.6 Å². The number of H-pyrrole nitrogens is 1. The van der Waals surface area contributed by atoms with Gasteiger partial charge in [0.05, 0.1) is 11.8 Å². The molecule has 1 aromatic heterocycles. The number of hydrogen-bond acceptors (Lipinski definition) is 6.